The SMILES string of the molecule is COc1cncc(-c2ccc3cnc(NC(=O)C4CCN(C)CC4)cc3n2)c1. The van der Waals surface area contributed by atoms with E-state index in [1.165, 1.54) is 0 Å². The highest BCUT2D eigenvalue weighted by Crippen LogP contribution is 2.24. The Morgan fingerprint density at radius 2 is 2.00 bits per heavy atom. The molecule has 0 aliphatic carbocycles. The summed E-state index contributed by atoms with van der Waals surface area (Å²) in [4.78, 5) is 28.1. The molecule has 0 spiro atoms. The monoisotopic (exact) mass is 377 g/mol. The van der Waals surface area contributed by atoms with E-state index >= 15 is 0 Å². The van der Waals surface area contributed by atoms with Gasteiger partial charge in [-0.1, -0.05) is 0 Å². The second kappa shape index (κ2) is 7.90. The Balaban J connectivity index is 1.56. The lowest BCUT2D eigenvalue weighted by Crippen LogP contribution is -2.36. The van der Waals surface area contributed by atoms with Crippen LogP contribution in [0.2, 0.25) is 0 Å². The molecule has 1 aliphatic rings. The van der Waals surface area contributed by atoms with E-state index in [9.17, 15) is 4.79 Å². The maximum atomic E-state index is 12.6. The third kappa shape index (κ3) is 3.94. The molecule has 0 aromatic carbocycles. The zero-order valence-corrected chi connectivity index (χ0v) is 16.1. The maximum absolute atomic E-state index is 12.6. The van der Waals surface area contributed by atoms with E-state index in [1.54, 1.807) is 25.7 Å². The van der Waals surface area contributed by atoms with Crippen LogP contribution in [-0.4, -0.2) is 53.0 Å². The Kier molecular flexibility index (Phi) is 5.16. The zero-order chi connectivity index (χ0) is 19.5. The molecule has 3 aromatic rings. The molecule has 1 saturated heterocycles. The summed E-state index contributed by atoms with van der Waals surface area (Å²) in [5.41, 5.74) is 2.43. The number of methoxy groups -OCH3 is 1. The summed E-state index contributed by atoms with van der Waals surface area (Å²) in [6.07, 6.45) is 6.90. The number of amides is 1. The van der Waals surface area contributed by atoms with Gasteiger partial charge >= 0.3 is 0 Å². The Morgan fingerprint density at radius 1 is 1.18 bits per heavy atom. The quantitative estimate of drug-likeness (QED) is 0.753. The molecule has 7 heteroatoms. The normalized spacial score (nSPS) is 15.5. The highest BCUT2D eigenvalue weighted by atomic mass is 16.5. The lowest BCUT2D eigenvalue weighted by molar-refractivity contribution is -0.121. The number of fused-ring (bicyclic) bond motifs is 1. The Bertz CT molecular complexity index is 999. The van der Waals surface area contributed by atoms with Gasteiger partial charge < -0.3 is 15.0 Å². The average Bonchev–Trinajstić information content (AvgIpc) is 2.73. The zero-order valence-electron chi connectivity index (χ0n) is 16.1. The first-order chi connectivity index (χ1) is 13.6. The Labute approximate surface area is 163 Å². The third-order valence-corrected chi connectivity index (χ3v) is 5.16. The van der Waals surface area contributed by atoms with Crippen molar-refractivity contribution in [1.29, 1.82) is 0 Å². The van der Waals surface area contributed by atoms with Crippen LogP contribution in [0, 0.1) is 5.92 Å². The van der Waals surface area contributed by atoms with Crippen molar-refractivity contribution in [2.75, 3.05) is 32.6 Å². The number of rotatable bonds is 4. The van der Waals surface area contributed by atoms with Crippen molar-refractivity contribution in [3.63, 3.8) is 0 Å². The van der Waals surface area contributed by atoms with Gasteiger partial charge in [-0.2, -0.15) is 0 Å². The van der Waals surface area contributed by atoms with Crippen LogP contribution in [0.25, 0.3) is 22.2 Å². The molecule has 28 heavy (non-hydrogen) atoms. The van der Waals surface area contributed by atoms with Crippen molar-refractivity contribution in [3.8, 4) is 17.0 Å². The number of carbonyl (C=O) groups excluding carboxylic acids is 1. The van der Waals surface area contributed by atoms with Crippen LogP contribution < -0.4 is 10.1 Å². The van der Waals surface area contributed by atoms with E-state index in [2.05, 4.69) is 27.2 Å². The van der Waals surface area contributed by atoms with Crippen LogP contribution in [0.1, 0.15) is 12.8 Å². The van der Waals surface area contributed by atoms with Crippen LogP contribution in [0.5, 0.6) is 5.75 Å². The standard InChI is InChI=1S/C21H23N5O2/c1-26-7-5-14(6-8-26)21(27)25-20-10-19-15(12-23-20)3-4-18(24-19)16-9-17(28-2)13-22-11-16/h3-4,9-14H,5-8H2,1-2H3,(H,23,25,27). The van der Waals surface area contributed by atoms with Crippen molar-refractivity contribution in [1.82, 2.24) is 19.9 Å². The molecule has 7 nitrogen and oxygen atoms in total. The molecule has 0 atom stereocenters. The van der Waals surface area contributed by atoms with Crippen molar-refractivity contribution in [2.24, 2.45) is 5.92 Å². The van der Waals surface area contributed by atoms with Crippen molar-refractivity contribution in [3.05, 3.63) is 42.9 Å². The number of carbonyl (C=O) groups is 1. The lowest BCUT2D eigenvalue weighted by atomic mass is 9.96. The van der Waals surface area contributed by atoms with Crippen LogP contribution in [-0.2, 0) is 4.79 Å². The first kappa shape index (κ1) is 18.3. The fourth-order valence-corrected chi connectivity index (χ4v) is 3.42. The number of hydrogen-bond acceptors (Lipinski definition) is 6. The topological polar surface area (TPSA) is 80.2 Å². The molecule has 144 valence electrons. The average molecular weight is 377 g/mol. The number of piperidine rings is 1. The van der Waals surface area contributed by atoms with Crippen LogP contribution in [0.15, 0.2) is 42.9 Å². The first-order valence-corrected chi connectivity index (χ1v) is 9.38. The molecule has 0 bridgehead atoms. The predicted octanol–water partition coefficient (Wildman–Crippen LogP) is 2.98. The van der Waals surface area contributed by atoms with Gasteiger partial charge in [-0.3, -0.25) is 9.78 Å². The fraction of sp³-hybridized carbons (Fsp3) is 0.333. The molecule has 4 heterocycles. The van der Waals surface area contributed by atoms with Crippen molar-refractivity contribution < 1.29 is 9.53 Å². The second-order valence-corrected chi connectivity index (χ2v) is 7.14. The van der Waals surface area contributed by atoms with E-state index < -0.39 is 0 Å². The molecule has 4 rings (SSSR count). The number of anilines is 1. The number of ether oxygens (including phenoxy) is 1. The fourth-order valence-electron chi connectivity index (χ4n) is 3.42. The summed E-state index contributed by atoms with van der Waals surface area (Å²) in [6, 6.07) is 7.61. The van der Waals surface area contributed by atoms with Gasteiger partial charge in [0.15, 0.2) is 0 Å². The van der Waals surface area contributed by atoms with Gasteiger partial charge in [-0.15, -0.1) is 0 Å². The smallest absolute Gasteiger partial charge is 0.228 e. The molecule has 1 fully saturated rings. The van der Waals surface area contributed by atoms with E-state index in [1.807, 2.05) is 24.3 Å². The molecule has 3 aromatic heterocycles. The van der Waals surface area contributed by atoms with Gasteiger partial charge in [0.25, 0.3) is 0 Å². The minimum atomic E-state index is 0.0353. The molecule has 0 unspecified atom stereocenters. The number of pyridine rings is 3. The van der Waals surface area contributed by atoms with Gasteiger partial charge in [0, 0.05) is 35.3 Å². The van der Waals surface area contributed by atoms with Crippen LogP contribution in [0.3, 0.4) is 0 Å². The summed E-state index contributed by atoms with van der Waals surface area (Å²) in [7, 11) is 3.69. The first-order valence-electron chi connectivity index (χ1n) is 9.38. The van der Waals surface area contributed by atoms with E-state index in [0.717, 1.165) is 48.1 Å². The molecular weight excluding hydrogens is 354 g/mol. The highest BCUT2D eigenvalue weighted by molar-refractivity contribution is 5.93. The summed E-state index contributed by atoms with van der Waals surface area (Å²) in [5.74, 6) is 1.29. The molecule has 0 saturated carbocycles. The third-order valence-electron chi connectivity index (χ3n) is 5.16. The number of hydrogen-bond donors (Lipinski definition) is 1. The van der Waals surface area contributed by atoms with Crippen molar-refractivity contribution in [2.45, 2.75) is 12.8 Å². The number of likely N-dealkylation sites (tertiary alicyclic amines) is 1. The van der Waals surface area contributed by atoms with Gasteiger partial charge in [0.2, 0.25) is 5.91 Å². The van der Waals surface area contributed by atoms with Crippen LogP contribution in [0.4, 0.5) is 5.82 Å². The molecule has 1 aliphatic heterocycles. The maximum Gasteiger partial charge on any atom is 0.228 e. The molecule has 1 N–H and O–H groups in total. The number of aromatic nitrogens is 3. The van der Waals surface area contributed by atoms with Gasteiger partial charge in [0.1, 0.15) is 11.6 Å². The Morgan fingerprint density at radius 3 is 2.79 bits per heavy atom. The number of nitrogens with zero attached hydrogens (tertiary/aromatic N) is 4. The summed E-state index contributed by atoms with van der Waals surface area (Å²) >= 11 is 0. The van der Waals surface area contributed by atoms with Crippen LogP contribution >= 0.6 is 0 Å². The van der Waals surface area contributed by atoms with E-state index in [-0.39, 0.29) is 11.8 Å². The minimum Gasteiger partial charge on any atom is -0.495 e. The summed E-state index contributed by atoms with van der Waals surface area (Å²) in [6.45, 7) is 1.89. The largest absolute Gasteiger partial charge is 0.495 e. The molecule has 0 radical (unpaired) electrons. The minimum absolute atomic E-state index is 0.0353. The Hall–Kier alpha value is -3.06. The summed E-state index contributed by atoms with van der Waals surface area (Å²) < 4.78 is 5.24. The molecular formula is C21H23N5O2. The van der Waals surface area contributed by atoms with E-state index in [0.29, 0.717) is 11.6 Å². The second-order valence-electron chi connectivity index (χ2n) is 7.14. The summed E-state index contributed by atoms with van der Waals surface area (Å²) in [5, 5.41) is 3.87. The van der Waals surface area contributed by atoms with Crippen molar-refractivity contribution >= 4 is 22.6 Å². The highest BCUT2D eigenvalue weighted by Gasteiger charge is 2.23. The molecule has 1 amide bonds. The van der Waals surface area contributed by atoms with E-state index in [4.69, 9.17) is 9.72 Å². The number of nitrogens with one attached hydrogen (secondary N) is 1. The van der Waals surface area contributed by atoms with Gasteiger partial charge in [0.05, 0.1) is 24.5 Å². The lowest BCUT2D eigenvalue weighted by Gasteiger charge is -2.27. The van der Waals surface area contributed by atoms with Gasteiger partial charge in [-0.05, 0) is 51.2 Å². The van der Waals surface area contributed by atoms with Gasteiger partial charge in [-0.25, -0.2) is 9.97 Å². The predicted molar refractivity (Wildman–Crippen MR) is 108 cm³/mol.